The van der Waals surface area contributed by atoms with Crippen LogP contribution in [0.4, 0.5) is 5.69 Å². The molecule has 1 N–H and O–H groups in total. The lowest BCUT2D eigenvalue weighted by Gasteiger charge is -2.08. The van der Waals surface area contributed by atoms with Gasteiger partial charge < -0.3 is 9.84 Å². The number of hydrogen-bond acceptors (Lipinski definition) is 4. The monoisotopic (exact) mass is 371 g/mol. The molecule has 0 saturated carbocycles. The summed E-state index contributed by atoms with van der Waals surface area (Å²) in [4.78, 5) is 10.2. The van der Waals surface area contributed by atoms with Crippen LogP contribution in [0.5, 0.6) is 11.5 Å². The van der Waals surface area contributed by atoms with E-state index in [0.29, 0.717) is 15.1 Å². The van der Waals surface area contributed by atoms with Crippen molar-refractivity contribution in [3.8, 4) is 11.5 Å². The Hall–Kier alpha value is -1.67. The smallest absolute Gasteiger partial charge is 0.270 e. The summed E-state index contributed by atoms with van der Waals surface area (Å²) in [7, 11) is 0. The number of non-ortho nitro benzene ring substituents is 1. The minimum atomic E-state index is -0.446. The lowest BCUT2D eigenvalue weighted by Crippen LogP contribution is -1.92. The summed E-state index contributed by atoms with van der Waals surface area (Å²) in [6.45, 7) is -0.0610. The predicted octanol–water partition coefficient (Wildman–Crippen LogP) is 3.48. The average Bonchev–Trinajstić information content (AvgIpc) is 2.41. The summed E-state index contributed by atoms with van der Waals surface area (Å²) in [5.74, 6) is 1.12. The van der Waals surface area contributed by atoms with Crippen LogP contribution >= 0.6 is 22.6 Å². The number of ether oxygens (including phenoxy) is 1. The number of hydrogen-bond donors (Lipinski definition) is 1. The molecular weight excluding hydrogens is 361 g/mol. The van der Waals surface area contributed by atoms with Gasteiger partial charge in [-0.05, 0) is 46.4 Å². The Labute approximate surface area is 123 Å². The molecule has 0 saturated heterocycles. The van der Waals surface area contributed by atoms with Crippen LogP contribution in [0, 0.1) is 13.7 Å². The number of aliphatic hydroxyl groups is 1. The van der Waals surface area contributed by atoms with Gasteiger partial charge >= 0.3 is 0 Å². The van der Waals surface area contributed by atoms with Crippen LogP contribution in [0.1, 0.15) is 5.56 Å². The van der Waals surface area contributed by atoms with Gasteiger partial charge in [0, 0.05) is 12.1 Å². The van der Waals surface area contributed by atoms with E-state index in [1.807, 2.05) is 22.6 Å². The fourth-order valence-electron chi connectivity index (χ4n) is 1.52. The lowest BCUT2D eigenvalue weighted by atomic mass is 10.2. The number of aliphatic hydroxyl groups excluding tert-OH is 1. The molecule has 0 amide bonds. The van der Waals surface area contributed by atoms with E-state index >= 15 is 0 Å². The number of nitrogens with zero attached hydrogens (tertiary/aromatic N) is 1. The van der Waals surface area contributed by atoms with Crippen LogP contribution in [0.2, 0.25) is 0 Å². The Morgan fingerprint density at radius 3 is 2.68 bits per heavy atom. The summed E-state index contributed by atoms with van der Waals surface area (Å²) in [5, 5.41) is 19.7. The summed E-state index contributed by atoms with van der Waals surface area (Å²) in [6, 6.07) is 11.5. The van der Waals surface area contributed by atoms with Crippen molar-refractivity contribution in [1.82, 2.24) is 0 Å². The highest BCUT2D eigenvalue weighted by Gasteiger charge is 2.10. The first-order valence-electron chi connectivity index (χ1n) is 5.42. The lowest BCUT2D eigenvalue weighted by molar-refractivity contribution is -0.385. The van der Waals surface area contributed by atoms with Crippen molar-refractivity contribution in [2.45, 2.75) is 6.61 Å². The van der Waals surface area contributed by atoms with Gasteiger partial charge in [-0.25, -0.2) is 0 Å². The van der Waals surface area contributed by atoms with Crippen LogP contribution in [0.25, 0.3) is 0 Å². The summed E-state index contributed by atoms with van der Waals surface area (Å²) >= 11 is 1.99. The zero-order valence-electron chi connectivity index (χ0n) is 9.75. The van der Waals surface area contributed by atoms with Gasteiger partial charge in [-0.3, -0.25) is 10.1 Å². The molecule has 2 rings (SSSR count). The van der Waals surface area contributed by atoms with Crippen molar-refractivity contribution in [3.05, 3.63) is 61.7 Å². The van der Waals surface area contributed by atoms with Gasteiger partial charge in [-0.1, -0.05) is 12.1 Å². The molecule has 0 aromatic heterocycles. The van der Waals surface area contributed by atoms with Crippen molar-refractivity contribution in [1.29, 1.82) is 0 Å². The first-order valence-corrected chi connectivity index (χ1v) is 6.49. The van der Waals surface area contributed by atoms with Gasteiger partial charge in [0.15, 0.2) is 0 Å². The molecule has 2 aromatic rings. The maximum absolute atomic E-state index is 10.6. The van der Waals surface area contributed by atoms with Gasteiger partial charge in [-0.15, -0.1) is 0 Å². The molecule has 0 fully saturated rings. The molecule has 0 bridgehead atoms. The largest absolute Gasteiger partial charge is 0.456 e. The molecular formula is C13H10INO4. The fourth-order valence-corrected chi connectivity index (χ4v) is 2.13. The maximum Gasteiger partial charge on any atom is 0.270 e. The zero-order valence-corrected chi connectivity index (χ0v) is 11.9. The van der Waals surface area contributed by atoms with E-state index in [1.165, 1.54) is 12.1 Å². The van der Waals surface area contributed by atoms with Crippen LogP contribution in [-0.4, -0.2) is 10.0 Å². The highest BCUT2D eigenvalue weighted by molar-refractivity contribution is 14.1. The third-order valence-electron chi connectivity index (χ3n) is 2.44. The van der Waals surface area contributed by atoms with Gasteiger partial charge in [-0.2, -0.15) is 0 Å². The molecule has 0 aliphatic heterocycles. The van der Waals surface area contributed by atoms with Crippen LogP contribution in [0.15, 0.2) is 42.5 Å². The Bertz CT molecular complexity index is 615. The Balaban J connectivity index is 2.25. The standard InChI is InChI=1S/C13H10INO4/c14-12-7-10(15(17)18)4-5-13(12)19-11-3-1-2-9(6-11)8-16/h1-7,16H,8H2. The molecule has 0 unspecified atom stereocenters. The Morgan fingerprint density at radius 1 is 1.26 bits per heavy atom. The van der Waals surface area contributed by atoms with Crippen molar-refractivity contribution in [2.24, 2.45) is 0 Å². The van der Waals surface area contributed by atoms with E-state index in [1.54, 1.807) is 30.3 Å². The normalized spacial score (nSPS) is 10.2. The molecule has 0 heterocycles. The fraction of sp³-hybridized carbons (Fsp3) is 0.0769. The van der Waals surface area contributed by atoms with Crippen molar-refractivity contribution >= 4 is 28.3 Å². The average molecular weight is 371 g/mol. The molecule has 6 heteroatoms. The van der Waals surface area contributed by atoms with E-state index in [4.69, 9.17) is 9.84 Å². The molecule has 0 aliphatic carbocycles. The van der Waals surface area contributed by atoms with E-state index in [-0.39, 0.29) is 12.3 Å². The molecule has 2 aromatic carbocycles. The van der Waals surface area contributed by atoms with E-state index in [9.17, 15) is 10.1 Å². The van der Waals surface area contributed by atoms with Gasteiger partial charge in [0.2, 0.25) is 0 Å². The van der Waals surface area contributed by atoms with E-state index in [2.05, 4.69) is 0 Å². The maximum atomic E-state index is 10.6. The highest BCUT2D eigenvalue weighted by atomic mass is 127. The summed E-state index contributed by atoms with van der Waals surface area (Å²) < 4.78 is 6.30. The zero-order chi connectivity index (χ0) is 13.8. The summed E-state index contributed by atoms with van der Waals surface area (Å²) in [5.41, 5.74) is 0.773. The van der Waals surface area contributed by atoms with Crippen LogP contribution in [-0.2, 0) is 6.61 Å². The van der Waals surface area contributed by atoms with Crippen LogP contribution in [0.3, 0.4) is 0 Å². The molecule has 5 nitrogen and oxygen atoms in total. The molecule has 0 aliphatic rings. The number of rotatable bonds is 4. The highest BCUT2D eigenvalue weighted by Crippen LogP contribution is 2.30. The first kappa shape index (κ1) is 13.8. The van der Waals surface area contributed by atoms with E-state index < -0.39 is 4.92 Å². The molecule has 98 valence electrons. The Morgan fingerprint density at radius 2 is 2.05 bits per heavy atom. The summed E-state index contributed by atoms with van der Waals surface area (Å²) in [6.07, 6.45) is 0. The molecule has 0 atom stereocenters. The second-order valence-electron chi connectivity index (χ2n) is 3.78. The number of nitro groups is 1. The third-order valence-corrected chi connectivity index (χ3v) is 3.28. The van der Waals surface area contributed by atoms with Gasteiger partial charge in [0.05, 0.1) is 15.1 Å². The first-order chi connectivity index (χ1) is 9.10. The number of nitro benzene ring substituents is 1. The predicted molar refractivity (Wildman–Crippen MR) is 78.3 cm³/mol. The topological polar surface area (TPSA) is 72.6 Å². The minimum absolute atomic E-state index is 0.0286. The second-order valence-corrected chi connectivity index (χ2v) is 4.94. The number of benzene rings is 2. The molecule has 19 heavy (non-hydrogen) atoms. The third kappa shape index (κ3) is 3.42. The Kier molecular flexibility index (Phi) is 4.33. The molecule has 0 radical (unpaired) electrons. The number of halogens is 1. The molecule has 0 spiro atoms. The minimum Gasteiger partial charge on any atom is -0.456 e. The van der Waals surface area contributed by atoms with Crippen molar-refractivity contribution in [2.75, 3.05) is 0 Å². The SMILES string of the molecule is O=[N+]([O-])c1ccc(Oc2cccc(CO)c2)c(I)c1. The van der Waals surface area contributed by atoms with Gasteiger partial charge in [0.25, 0.3) is 5.69 Å². The van der Waals surface area contributed by atoms with E-state index in [0.717, 1.165) is 5.56 Å². The second kappa shape index (κ2) is 5.98. The van der Waals surface area contributed by atoms with Crippen LogP contribution < -0.4 is 4.74 Å². The quantitative estimate of drug-likeness (QED) is 0.508. The van der Waals surface area contributed by atoms with Gasteiger partial charge in [0.1, 0.15) is 11.5 Å². The van der Waals surface area contributed by atoms with Crippen molar-refractivity contribution in [3.63, 3.8) is 0 Å². The van der Waals surface area contributed by atoms with Crippen molar-refractivity contribution < 1.29 is 14.8 Å².